The van der Waals surface area contributed by atoms with Crippen molar-refractivity contribution in [2.75, 3.05) is 5.32 Å². The van der Waals surface area contributed by atoms with E-state index >= 15 is 0 Å². The van der Waals surface area contributed by atoms with Gasteiger partial charge in [-0.2, -0.15) is 5.10 Å². The van der Waals surface area contributed by atoms with Crippen LogP contribution in [0.4, 0.5) is 11.5 Å². The van der Waals surface area contributed by atoms with Crippen LogP contribution in [0.2, 0.25) is 0 Å². The van der Waals surface area contributed by atoms with Crippen molar-refractivity contribution in [3.63, 3.8) is 0 Å². The van der Waals surface area contributed by atoms with E-state index in [0.717, 1.165) is 18.1 Å². The lowest BCUT2D eigenvalue weighted by Crippen LogP contribution is -1.93. The molecule has 5 nitrogen and oxygen atoms in total. The van der Waals surface area contributed by atoms with Gasteiger partial charge in [0.25, 0.3) is 0 Å². The second-order valence-corrected chi connectivity index (χ2v) is 2.80. The number of aromatic nitrogens is 4. The van der Waals surface area contributed by atoms with E-state index in [-0.39, 0.29) is 0 Å². The molecule has 0 aliphatic heterocycles. The Kier molecular flexibility index (Phi) is 2.40. The van der Waals surface area contributed by atoms with Crippen LogP contribution in [0.3, 0.4) is 0 Å². The van der Waals surface area contributed by atoms with E-state index in [4.69, 9.17) is 0 Å². The quantitative estimate of drug-likeness (QED) is 0.793. The van der Waals surface area contributed by atoms with Gasteiger partial charge in [0.2, 0.25) is 0 Å². The highest BCUT2D eigenvalue weighted by molar-refractivity contribution is 5.52. The van der Waals surface area contributed by atoms with Gasteiger partial charge in [0.05, 0.1) is 11.9 Å². The SMILES string of the molecule is CCn1cc(Nc2ccncn2)cn1. The monoisotopic (exact) mass is 189 g/mol. The van der Waals surface area contributed by atoms with Gasteiger partial charge in [0.15, 0.2) is 0 Å². The van der Waals surface area contributed by atoms with Crippen LogP contribution in [0.1, 0.15) is 6.92 Å². The van der Waals surface area contributed by atoms with Crippen LogP contribution in [0.25, 0.3) is 0 Å². The molecule has 0 aliphatic rings. The summed E-state index contributed by atoms with van der Waals surface area (Å²) in [6.45, 7) is 2.91. The van der Waals surface area contributed by atoms with Crippen molar-refractivity contribution in [2.24, 2.45) is 0 Å². The van der Waals surface area contributed by atoms with Gasteiger partial charge in [0, 0.05) is 18.9 Å². The Morgan fingerprint density at radius 1 is 1.50 bits per heavy atom. The Morgan fingerprint density at radius 3 is 3.07 bits per heavy atom. The third kappa shape index (κ3) is 1.87. The van der Waals surface area contributed by atoms with E-state index in [2.05, 4.69) is 20.4 Å². The minimum Gasteiger partial charge on any atom is -0.338 e. The fourth-order valence-corrected chi connectivity index (χ4v) is 1.11. The fraction of sp³-hybridized carbons (Fsp3) is 0.222. The molecule has 0 aromatic carbocycles. The zero-order valence-corrected chi connectivity index (χ0v) is 7.88. The summed E-state index contributed by atoms with van der Waals surface area (Å²) in [5, 5.41) is 7.27. The Bertz CT molecular complexity index is 395. The van der Waals surface area contributed by atoms with Crippen molar-refractivity contribution in [1.29, 1.82) is 0 Å². The van der Waals surface area contributed by atoms with Crippen molar-refractivity contribution >= 4 is 11.5 Å². The molecule has 0 aliphatic carbocycles. The van der Waals surface area contributed by atoms with E-state index < -0.39 is 0 Å². The van der Waals surface area contributed by atoms with Gasteiger partial charge < -0.3 is 5.32 Å². The third-order valence-corrected chi connectivity index (χ3v) is 1.81. The van der Waals surface area contributed by atoms with E-state index in [0.29, 0.717) is 0 Å². The third-order valence-electron chi connectivity index (χ3n) is 1.81. The molecule has 0 unspecified atom stereocenters. The molecule has 0 amide bonds. The average molecular weight is 189 g/mol. The number of rotatable bonds is 3. The van der Waals surface area contributed by atoms with E-state index in [9.17, 15) is 0 Å². The molecule has 2 aromatic rings. The molecule has 2 aromatic heterocycles. The van der Waals surface area contributed by atoms with Crippen LogP contribution < -0.4 is 5.32 Å². The summed E-state index contributed by atoms with van der Waals surface area (Å²) < 4.78 is 1.85. The lowest BCUT2D eigenvalue weighted by atomic mass is 10.5. The first-order valence-corrected chi connectivity index (χ1v) is 4.44. The van der Waals surface area contributed by atoms with Crippen LogP contribution in [0, 0.1) is 0 Å². The molecule has 0 saturated heterocycles. The Labute approximate surface area is 81.8 Å². The molecule has 2 rings (SSSR count). The summed E-state index contributed by atoms with van der Waals surface area (Å²) in [5.74, 6) is 0.774. The first-order valence-electron chi connectivity index (χ1n) is 4.44. The molecular weight excluding hydrogens is 178 g/mol. The largest absolute Gasteiger partial charge is 0.338 e. The van der Waals surface area contributed by atoms with Gasteiger partial charge in [-0.15, -0.1) is 0 Å². The topological polar surface area (TPSA) is 55.6 Å². The van der Waals surface area contributed by atoms with Gasteiger partial charge >= 0.3 is 0 Å². The number of hydrogen-bond donors (Lipinski definition) is 1. The molecule has 1 N–H and O–H groups in total. The Balaban J connectivity index is 2.11. The Hall–Kier alpha value is -1.91. The maximum atomic E-state index is 4.14. The second kappa shape index (κ2) is 3.87. The predicted molar refractivity (Wildman–Crippen MR) is 53.2 cm³/mol. The standard InChI is InChI=1S/C9H11N5/c1-2-14-6-8(5-12-14)13-9-3-4-10-7-11-9/h3-7H,2H2,1H3,(H,10,11,13). The van der Waals surface area contributed by atoms with Crippen molar-refractivity contribution in [2.45, 2.75) is 13.5 Å². The average Bonchev–Trinajstić information content (AvgIpc) is 2.67. The minimum atomic E-state index is 0.774. The zero-order valence-electron chi connectivity index (χ0n) is 7.88. The molecule has 72 valence electrons. The molecule has 0 fully saturated rings. The molecule has 14 heavy (non-hydrogen) atoms. The highest BCUT2D eigenvalue weighted by Crippen LogP contribution is 2.11. The first-order chi connectivity index (χ1) is 6.88. The molecular formula is C9H11N5. The van der Waals surface area contributed by atoms with Gasteiger partial charge in [-0.1, -0.05) is 0 Å². The molecule has 0 bridgehead atoms. The van der Waals surface area contributed by atoms with E-state index in [1.165, 1.54) is 6.33 Å². The zero-order chi connectivity index (χ0) is 9.80. The van der Waals surface area contributed by atoms with Gasteiger partial charge in [-0.3, -0.25) is 4.68 Å². The lowest BCUT2D eigenvalue weighted by molar-refractivity contribution is 0.660. The maximum Gasteiger partial charge on any atom is 0.133 e. The van der Waals surface area contributed by atoms with Crippen LogP contribution >= 0.6 is 0 Å². The smallest absolute Gasteiger partial charge is 0.133 e. The van der Waals surface area contributed by atoms with Crippen LogP contribution in [0.5, 0.6) is 0 Å². The summed E-state index contributed by atoms with van der Waals surface area (Å²) in [4.78, 5) is 7.89. The minimum absolute atomic E-state index is 0.774. The maximum absolute atomic E-state index is 4.14. The second-order valence-electron chi connectivity index (χ2n) is 2.80. The highest BCUT2D eigenvalue weighted by atomic mass is 15.3. The van der Waals surface area contributed by atoms with Crippen LogP contribution in [0.15, 0.2) is 31.0 Å². The summed E-state index contributed by atoms with van der Waals surface area (Å²) in [7, 11) is 0. The molecule has 5 heteroatoms. The lowest BCUT2D eigenvalue weighted by Gasteiger charge is -1.99. The van der Waals surface area contributed by atoms with E-state index in [1.807, 2.05) is 23.9 Å². The van der Waals surface area contributed by atoms with Gasteiger partial charge in [-0.05, 0) is 13.0 Å². The van der Waals surface area contributed by atoms with Crippen molar-refractivity contribution in [1.82, 2.24) is 19.7 Å². The van der Waals surface area contributed by atoms with Crippen molar-refractivity contribution < 1.29 is 0 Å². The normalized spacial score (nSPS) is 10.1. The van der Waals surface area contributed by atoms with Crippen molar-refractivity contribution in [3.05, 3.63) is 31.0 Å². The van der Waals surface area contributed by atoms with Crippen molar-refractivity contribution in [3.8, 4) is 0 Å². The predicted octanol–water partition coefficient (Wildman–Crippen LogP) is 1.44. The summed E-state index contributed by atoms with van der Waals surface area (Å²) in [6.07, 6.45) is 6.90. The number of nitrogens with zero attached hydrogens (tertiary/aromatic N) is 4. The van der Waals surface area contributed by atoms with Gasteiger partial charge in [0.1, 0.15) is 12.1 Å². The number of hydrogen-bond acceptors (Lipinski definition) is 4. The first kappa shape index (κ1) is 8.68. The molecule has 0 saturated carbocycles. The fourth-order valence-electron chi connectivity index (χ4n) is 1.11. The van der Waals surface area contributed by atoms with Crippen LogP contribution in [-0.4, -0.2) is 19.7 Å². The number of anilines is 2. The van der Waals surface area contributed by atoms with Crippen LogP contribution in [-0.2, 0) is 6.54 Å². The number of nitrogens with one attached hydrogen (secondary N) is 1. The molecule has 0 spiro atoms. The molecule has 2 heterocycles. The molecule has 0 atom stereocenters. The summed E-state index contributed by atoms with van der Waals surface area (Å²) in [6, 6.07) is 1.81. The summed E-state index contributed by atoms with van der Waals surface area (Å²) in [5.41, 5.74) is 0.936. The molecule has 0 radical (unpaired) electrons. The van der Waals surface area contributed by atoms with E-state index in [1.54, 1.807) is 12.4 Å². The van der Waals surface area contributed by atoms with Gasteiger partial charge in [-0.25, -0.2) is 9.97 Å². The Morgan fingerprint density at radius 2 is 2.43 bits per heavy atom. The summed E-state index contributed by atoms with van der Waals surface area (Å²) >= 11 is 0. The highest BCUT2D eigenvalue weighted by Gasteiger charge is 1.97. The number of aryl methyl sites for hydroxylation is 1.